The van der Waals surface area contributed by atoms with Crippen molar-refractivity contribution in [2.45, 2.75) is 27.7 Å². The van der Waals surface area contributed by atoms with E-state index in [1.54, 1.807) is 0 Å². The van der Waals surface area contributed by atoms with Crippen LogP contribution in [-0.4, -0.2) is 91.5 Å². The van der Waals surface area contributed by atoms with Crippen LogP contribution in [0.1, 0.15) is 27.7 Å². The lowest BCUT2D eigenvalue weighted by Crippen LogP contribution is -2.31. The fraction of sp³-hybridized carbons (Fsp3) is 0.895. The van der Waals surface area contributed by atoms with Gasteiger partial charge >= 0.3 is 0 Å². The van der Waals surface area contributed by atoms with Gasteiger partial charge in [-0.05, 0) is 0 Å². The molecule has 0 aliphatic rings. The molecule has 28 heavy (non-hydrogen) atoms. The van der Waals surface area contributed by atoms with Crippen molar-refractivity contribution in [2.75, 3.05) is 79.7 Å². The van der Waals surface area contributed by atoms with Crippen molar-refractivity contribution in [3.05, 3.63) is 0 Å². The van der Waals surface area contributed by atoms with E-state index in [0.717, 1.165) is 0 Å². The molecule has 0 saturated carbocycles. The van der Waals surface area contributed by atoms with Crippen molar-refractivity contribution < 1.29 is 33.3 Å². The molecule has 0 unspecified atom stereocenters. The van der Waals surface area contributed by atoms with Gasteiger partial charge in [0.15, 0.2) is 0 Å². The normalized spacial score (nSPS) is 10.4. The zero-order valence-corrected chi connectivity index (χ0v) is 18.2. The highest BCUT2D eigenvalue weighted by Gasteiger charge is 2.04. The van der Waals surface area contributed by atoms with E-state index >= 15 is 0 Å². The maximum atomic E-state index is 11.3. The van der Waals surface area contributed by atoms with Gasteiger partial charge < -0.3 is 34.3 Å². The molecule has 0 heterocycles. The van der Waals surface area contributed by atoms with Crippen molar-refractivity contribution in [1.82, 2.24) is 10.6 Å². The van der Waals surface area contributed by atoms with Gasteiger partial charge in [-0.3, -0.25) is 9.59 Å². The molecule has 0 aromatic carbocycles. The Balaban J connectivity index is 0. The maximum Gasteiger partial charge on any atom is 0.246 e. The molecule has 2 N–H and O–H groups in total. The lowest BCUT2D eigenvalue weighted by Gasteiger charge is -2.09. The van der Waals surface area contributed by atoms with Gasteiger partial charge in [0.25, 0.3) is 0 Å². The van der Waals surface area contributed by atoms with Gasteiger partial charge in [-0.1, -0.05) is 27.7 Å². The van der Waals surface area contributed by atoms with E-state index < -0.39 is 0 Å². The predicted octanol–water partition coefficient (Wildman–Crippen LogP) is 0.614. The first-order chi connectivity index (χ1) is 13.6. The molecule has 0 bridgehead atoms. The Morgan fingerprint density at radius 1 is 0.714 bits per heavy atom. The third-order valence-electron chi connectivity index (χ3n) is 3.03. The molecule has 0 aromatic rings. The van der Waals surface area contributed by atoms with E-state index in [2.05, 4.69) is 15.4 Å². The highest BCUT2D eigenvalue weighted by atomic mass is 16.6. The number of amides is 2. The number of ether oxygens (including phenoxy) is 5. The lowest BCUT2D eigenvalue weighted by molar-refractivity contribution is -0.125. The molecule has 9 nitrogen and oxygen atoms in total. The average Bonchev–Trinajstić information content (AvgIpc) is 2.69. The minimum Gasteiger partial charge on any atom is -0.377 e. The minimum atomic E-state index is -0.159. The SMILES string of the molecule is CC.COCC(=O)NCCOCCOCCOCCOCCNC(=O)C(C)C. The minimum absolute atomic E-state index is 0.00880. The molecule has 9 heteroatoms. The molecule has 0 saturated heterocycles. The summed E-state index contributed by atoms with van der Waals surface area (Å²) >= 11 is 0. The second-order valence-corrected chi connectivity index (χ2v) is 5.68. The molecule has 0 aliphatic carbocycles. The number of methoxy groups -OCH3 is 1. The largest absolute Gasteiger partial charge is 0.377 e. The number of hydrogen-bond donors (Lipinski definition) is 2. The predicted molar refractivity (Wildman–Crippen MR) is 107 cm³/mol. The lowest BCUT2D eigenvalue weighted by atomic mass is 10.2. The van der Waals surface area contributed by atoms with Crippen LogP contribution in [0, 0.1) is 5.92 Å². The van der Waals surface area contributed by atoms with Gasteiger partial charge in [-0.2, -0.15) is 0 Å². The van der Waals surface area contributed by atoms with E-state index in [-0.39, 0.29) is 24.3 Å². The number of nitrogens with one attached hydrogen (secondary N) is 2. The van der Waals surface area contributed by atoms with Gasteiger partial charge in [0, 0.05) is 26.1 Å². The fourth-order valence-electron chi connectivity index (χ4n) is 1.66. The molecular formula is C19H40N2O7. The number of rotatable bonds is 18. The molecular weight excluding hydrogens is 368 g/mol. The summed E-state index contributed by atoms with van der Waals surface area (Å²) in [5, 5.41) is 5.43. The van der Waals surface area contributed by atoms with Crippen LogP contribution in [0.15, 0.2) is 0 Å². The molecule has 0 fully saturated rings. The van der Waals surface area contributed by atoms with Crippen molar-refractivity contribution in [3.63, 3.8) is 0 Å². The second-order valence-electron chi connectivity index (χ2n) is 5.68. The Morgan fingerprint density at radius 2 is 1.11 bits per heavy atom. The quantitative estimate of drug-likeness (QED) is 0.320. The number of carbonyl (C=O) groups is 2. The van der Waals surface area contributed by atoms with Gasteiger partial charge in [0.1, 0.15) is 6.61 Å². The second kappa shape index (κ2) is 23.8. The van der Waals surface area contributed by atoms with Crippen LogP contribution >= 0.6 is 0 Å². The third kappa shape index (κ3) is 22.8. The van der Waals surface area contributed by atoms with Crippen LogP contribution in [0.3, 0.4) is 0 Å². The number of hydrogen-bond acceptors (Lipinski definition) is 7. The first-order valence-corrected chi connectivity index (χ1v) is 9.92. The highest BCUT2D eigenvalue weighted by molar-refractivity contribution is 5.77. The van der Waals surface area contributed by atoms with E-state index in [1.807, 2.05) is 27.7 Å². The first-order valence-electron chi connectivity index (χ1n) is 9.92. The molecule has 168 valence electrons. The topological polar surface area (TPSA) is 104 Å². The summed E-state index contributed by atoms with van der Waals surface area (Å²) in [5.41, 5.74) is 0. The summed E-state index contributed by atoms with van der Waals surface area (Å²) in [6.45, 7) is 12.5. The summed E-state index contributed by atoms with van der Waals surface area (Å²) < 4.78 is 26.0. The van der Waals surface area contributed by atoms with Gasteiger partial charge in [-0.25, -0.2) is 0 Å². The fourth-order valence-corrected chi connectivity index (χ4v) is 1.66. The van der Waals surface area contributed by atoms with E-state index in [1.165, 1.54) is 7.11 Å². The maximum absolute atomic E-state index is 11.3. The van der Waals surface area contributed by atoms with E-state index in [4.69, 9.17) is 18.9 Å². The van der Waals surface area contributed by atoms with Gasteiger partial charge in [0.2, 0.25) is 11.8 Å². The highest BCUT2D eigenvalue weighted by Crippen LogP contribution is 1.89. The van der Waals surface area contributed by atoms with Crippen molar-refractivity contribution in [2.24, 2.45) is 5.92 Å². The smallest absolute Gasteiger partial charge is 0.246 e. The molecule has 0 atom stereocenters. The van der Waals surface area contributed by atoms with Crippen molar-refractivity contribution in [1.29, 1.82) is 0 Å². The van der Waals surface area contributed by atoms with Crippen LogP contribution in [0.2, 0.25) is 0 Å². The first kappa shape index (κ1) is 28.9. The van der Waals surface area contributed by atoms with E-state index in [0.29, 0.717) is 65.9 Å². The monoisotopic (exact) mass is 408 g/mol. The summed E-state index contributed by atoms with van der Waals surface area (Å²) in [6.07, 6.45) is 0. The van der Waals surface area contributed by atoms with Crippen LogP contribution in [0.4, 0.5) is 0 Å². The summed E-state index contributed by atoms with van der Waals surface area (Å²) in [7, 11) is 1.47. The summed E-state index contributed by atoms with van der Waals surface area (Å²) in [6, 6.07) is 0. The van der Waals surface area contributed by atoms with Gasteiger partial charge in [0.05, 0.1) is 52.9 Å². The average molecular weight is 409 g/mol. The molecule has 0 aromatic heterocycles. The molecule has 2 amide bonds. The van der Waals surface area contributed by atoms with E-state index in [9.17, 15) is 9.59 Å². The van der Waals surface area contributed by atoms with Crippen LogP contribution in [-0.2, 0) is 33.3 Å². The Morgan fingerprint density at radius 3 is 1.50 bits per heavy atom. The third-order valence-corrected chi connectivity index (χ3v) is 3.03. The molecule has 0 spiro atoms. The molecule has 0 rings (SSSR count). The Bertz CT molecular complexity index is 355. The Hall–Kier alpha value is -1.26. The van der Waals surface area contributed by atoms with Crippen LogP contribution in [0.25, 0.3) is 0 Å². The van der Waals surface area contributed by atoms with Crippen molar-refractivity contribution >= 4 is 11.8 Å². The van der Waals surface area contributed by atoms with Crippen LogP contribution < -0.4 is 10.6 Å². The van der Waals surface area contributed by atoms with Crippen LogP contribution in [0.5, 0.6) is 0 Å². The summed E-state index contributed by atoms with van der Waals surface area (Å²) in [5.74, 6) is -0.138. The molecule has 0 radical (unpaired) electrons. The zero-order chi connectivity index (χ0) is 21.5. The molecule has 0 aliphatic heterocycles. The van der Waals surface area contributed by atoms with Gasteiger partial charge in [-0.15, -0.1) is 0 Å². The Kier molecular flexibility index (Phi) is 24.6. The standard InChI is InChI=1S/C17H34N2O7.C2H6/c1-15(2)17(21)19-5-7-24-9-11-26-13-12-25-10-8-23-6-4-18-16(20)14-22-3;1-2/h15H,4-14H2,1-3H3,(H,18,20)(H,19,21);1-2H3. The number of carbonyl (C=O) groups excluding carboxylic acids is 2. The zero-order valence-electron chi connectivity index (χ0n) is 18.2. The van der Waals surface area contributed by atoms with Crippen molar-refractivity contribution in [3.8, 4) is 0 Å². The Labute approximate surface area is 169 Å². The summed E-state index contributed by atoms with van der Waals surface area (Å²) in [4.78, 5) is 22.4.